The van der Waals surface area contributed by atoms with E-state index in [1.54, 1.807) is 0 Å². The maximum Gasteiger partial charge on any atom is 0.304 e. The van der Waals surface area contributed by atoms with Crippen molar-refractivity contribution in [3.05, 3.63) is 125 Å². The Labute approximate surface area is 237 Å². The van der Waals surface area contributed by atoms with Crippen LogP contribution in [0.1, 0.15) is 48.1 Å². The molecule has 0 aromatic heterocycles. The summed E-state index contributed by atoms with van der Waals surface area (Å²) < 4.78 is 6.07. The third-order valence-corrected chi connectivity index (χ3v) is 7.44. The summed E-state index contributed by atoms with van der Waals surface area (Å²) in [4.78, 5) is 13.7. The fourth-order valence-electron chi connectivity index (χ4n) is 5.26. The molecule has 0 amide bonds. The number of aliphatic carboxylic acids is 1. The number of halogens is 1. The number of carbonyl (C=O) groups is 1. The molecule has 0 atom stereocenters. The molecule has 5 heteroatoms. The van der Waals surface area contributed by atoms with Gasteiger partial charge in [0.2, 0.25) is 0 Å². The molecule has 1 aliphatic rings. The minimum Gasteiger partial charge on any atom is -0.489 e. The van der Waals surface area contributed by atoms with E-state index in [1.165, 1.54) is 27.8 Å². The highest BCUT2D eigenvalue weighted by molar-refractivity contribution is 5.85. The Hall–Kier alpha value is -3.60. The quantitative estimate of drug-likeness (QED) is 0.236. The minimum atomic E-state index is -0.793. The van der Waals surface area contributed by atoms with Crippen molar-refractivity contribution in [2.24, 2.45) is 0 Å². The number of carboxylic acids is 1. The lowest BCUT2D eigenvalue weighted by atomic mass is 9.82. The van der Waals surface area contributed by atoms with Crippen LogP contribution in [0.25, 0.3) is 11.1 Å². The van der Waals surface area contributed by atoms with Crippen LogP contribution in [0.15, 0.2) is 97.1 Å². The van der Waals surface area contributed by atoms with Crippen molar-refractivity contribution in [2.75, 3.05) is 6.54 Å². The van der Waals surface area contributed by atoms with Gasteiger partial charge < -0.3 is 9.84 Å². The van der Waals surface area contributed by atoms with Crippen LogP contribution in [0, 0.1) is 0 Å². The molecule has 39 heavy (non-hydrogen) atoms. The smallest absolute Gasteiger partial charge is 0.304 e. The van der Waals surface area contributed by atoms with E-state index in [2.05, 4.69) is 77.7 Å². The summed E-state index contributed by atoms with van der Waals surface area (Å²) in [5.74, 6) is -0.0174. The maximum atomic E-state index is 11.2. The topological polar surface area (TPSA) is 49.8 Å². The zero-order chi connectivity index (χ0) is 26.5. The average Bonchev–Trinajstić information content (AvgIpc) is 2.92. The Balaban J connectivity index is 0.00000353. The second-order valence-electron chi connectivity index (χ2n) is 10.9. The number of fused-ring (bicyclic) bond motifs is 1. The molecule has 5 rings (SSSR count). The molecule has 0 radical (unpaired) electrons. The lowest BCUT2D eigenvalue weighted by Crippen LogP contribution is -2.30. The van der Waals surface area contributed by atoms with E-state index in [1.807, 2.05) is 38.1 Å². The first-order valence-electron chi connectivity index (χ1n) is 13.3. The minimum absolute atomic E-state index is 0. The number of benzene rings is 4. The molecular weight excluding hydrogens is 506 g/mol. The lowest BCUT2D eigenvalue weighted by Gasteiger charge is -2.29. The molecule has 4 aromatic carbocycles. The summed E-state index contributed by atoms with van der Waals surface area (Å²) >= 11 is 0. The predicted octanol–water partition coefficient (Wildman–Crippen LogP) is 7.67. The number of ether oxygens (including phenoxy) is 1. The molecule has 0 saturated heterocycles. The summed E-state index contributed by atoms with van der Waals surface area (Å²) in [7, 11) is 0. The number of rotatable bonds is 9. The van der Waals surface area contributed by atoms with Crippen molar-refractivity contribution in [2.45, 2.75) is 51.8 Å². The van der Waals surface area contributed by atoms with Gasteiger partial charge in [-0.25, -0.2) is 0 Å². The van der Waals surface area contributed by atoms with E-state index in [4.69, 9.17) is 4.74 Å². The zero-order valence-corrected chi connectivity index (χ0v) is 23.4. The number of hydrogen-bond donors (Lipinski definition) is 1. The van der Waals surface area contributed by atoms with E-state index in [-0.39, 0.29) is 18.8 Å². The Morgan fingerprint density at radius 3 is 2.31 bits per heavy atom. The first kappa shape index (κ1) is 28.4. The lowest BCUT2D eigenvalue weighted by molar-refractivity contribution is -0.138. The van der Waals surface area contributed by atoms with E-state index in [9.17, 15) is 9.90 Å². The molecule has 0 aliphatic carbocycles. The van der Waals surface area contributed by atoms with Crippen LogP contribution in [-0.2, 0) is 36.3 Å². The van der Waals surface area contributed by atoms with Gasteiger partial charge >= 0.3 is 5.97 Å². The van der Waals surface area contributed by atoms with Crippen LogP contribution in [0.2, 0.25) is 0 Å². The second kappa shape index (κ2) is 12.5. The summed E-state index contributed by atoms with van der Waals surface area (Å²) in [5.41, 5.74) is 8.33. The predicted molar refractivity (Wildman–Crippen MR) is 159 cm³/mol. The highest BCUT2D eigenvalue weighted by atomic mass is 35.5. The molecule has 1 heterocycles. The van der Waals surface area contributed by atoms with Crippen LogP contribution < -0.4 is 4.74 Å². The number of hydrogen-bond acceptors (Lipinski definition) is 3. The number of nitrogens with zero attached hydrogens (tertiary/aromatic N) is 1. The van der Waals surface area contributed by atoms with Crippen LogP contribution in [0.5, 0.6) is 5.75 Å². The van der Waals surface area contributed by atoms with E-state index >= 15 is 0 Å². The van der Waals surface area contributed by atoms with Gasteiger partial charge in [0.25, 0.3) is 0 Å². The summed E-state index contributed by atoms with van der Waals surface area (Å²) in [6.07, 6.45) is 1.18. The first-order chi connectivity index (χ1) is 18.4. The third kappa shape index (κ3) is 7.29. The van der Waals surface area contributed by atoms with Gasteiger partial charge in [0.05, 0.1) is 6.42 Å². The summed E-state index contributed by atoms with van der Waals surface area (Å²) in [6.45, 7) is 7.41. The molecule has 202 valence electrons. The van der Waals surface area contributed by atoms with Gasteiger partial charge in [-0.15, -0.1) is 12.4 Å². The standard InChI is InChI=1S/C34H35NO3.ClH/c1-34(2,21-33(36)37)31-13-15-32(16-14-31)38-24-26-9-6-10-28(19-26)29-12-11-27-17-18-35(23-30(27)20-29)22-25-7-4-3-5-8-25;/h3-16,19-20H,17-18,21-24H2,1-2H3,(H,36,37);1H. The molecular formula is C34H36ClNO3. The van der Waals surface area contributed by atoms with Crippen molar-refractivity contribution in [3.63, 3.8) is 0 Å². The van der Waals surface area contributed by atoms with Crippen molar-refractivity contribution < 1.29 is 14.6 Å². The van der Waals surface area contributed by atoms with E-state index in [0.717, 1.165) is 42.9 Å². The van der Waals surface area contributed by atoms with Gasteiger partial charge in [-0.1, -0.05) is 86.6 Å². The monoisotopic (exact) mass is 541 g/mol. The van der Waals surface area contributed by atoms with Gasteiger partial charge in [0.15, 0.2) is 0 Å². The van der Waals surface area contributed by atoms with E-state index < -0.39 is 11.4 Å². The molecule has 0 unspecified atom stereocenters. The molecule has 1 aliphatic heterocycles. The second-order valence-corrected chi connectivity index (χ2v) is 10.9. The van der Waals surface area contributed by atoms with E-state index in [0.29, 0.717) is 6.61 Å². The Bertz CT molecular complexity index is 1400. The highest BCUT2D eigenvalue weighted by Crippen LogP contribution is 2.30. The first-order valence-corrected chi connectivity index (χ1v) is 13.3. The van der Waals surface area contributed by atoms with Gasteiger partial charge in [0.1, 0.15) is 12.4 Å². The van der Waals surface area contributed by atoms with Gasteiger partial charge in [-0.3, -0.25) is 9.69 Å². The van der Waals surface area contributed by atoms with Crippen molar-refractivity contribution in [1.82, 2.24) is 4.90 Å². The molecule has 0 bridgehead atoms. The average molecular weight is 542 g/mol. The highest BCUT2D eigenvalue weighted by Gasteiger charge is 2.24. The maximum absolute atomic E-state index is 11.2. The molecule has 0 saturated carbocycles. The van der Waals surface area contributed by atoms with Gasteiger partial charge in [-0.2, -0.15) is 0 Å². The van der Waals surface area contributed by atoms with Crippen molar-refractivity contribution in [3.8, 4) is 16.9 Å². The normalized spacial score (nSPS) is 13.3. The fourth-order valence-corrected chi connectivity index (χ4v) is 5.26. The fraction of sp³-hybridized carbons (Fsp3) is 0.265. The van der Waals surface area contributed by atoms with Crippen molar-refractivity contribution >= 4 is 18.4 Å². The molecule has 4 aromatic rings. The molecule has 1 N–H and O–H groups in total. The third-order valence-electron chi connectivity index (χ3n) is 7.44. The molecule has 0 fully saturated rings. The largest absolute Gasteiger partial charge is 0.489 e. The SMILES string of the molecule is CC(C)(CC(=O)O)c1ccc(OCc2cccc(-c3ccc4c(c3)CN(Cc3ccccc3)CC4)c2)cc1.Cl. The Morgan fingerprint density at radius 1 is 0.846 bits per heavy atom. The number of carboxylic acid groups (broad SMARTS) is 1. The van der Waals surface area contributed by atoms with Gasteiger partial charge in [0, 0.05) is 25.0 Å². The van der Waals surface area contributed by atoms with Crippen LogP contribution >= 0.6 is 12.4 Å². The van der Waals surface area contributed by atoms with Gasteiger partial charge in [-0.05, 0) is 69.6 Å². The van der Waals surface area contributed by atoms with Crippen molar-refractivity contribution in [1.29, 1.82) is 0 Å². The summed E-state index contributed by atoms with van der Waals surface area (Å²) in [5, 5.41) is 9.18. The molecule has 4 nitrogen and oxygen atoms in total. The molecule has 0 spiro atoms. The van der Waals surface area contributed by atoms with Crippen LogP contribution in [0.4, 0.5) is 0 Å². The Morgan fingerprint density at radius 2 is 1.56 bits per heavy atom. The summed E-state index contributed by atoms with van der Waals surface area (Å²) in [6, 6.07) is 33.9. The van der Waals surface area contributed by atoms with Crippen LogP contribution in [-0.4, -0.2) is 22.5 Å². The Kier molecular flexibility index (Phi) is 9.11. The van der Waals surface area contributed by atoms with Crippen LogP contribution in [0.3, 0.4) is 0 Å². The zero-order valence-electron chi connectivity index (χ0n) is 22.6.